The zero-order chi connectivity index (χ0) is 22.1. The van der Waals surface area contributed by atoms with E-state index in [1.165, 1.54) is 0 Å². The van der Waals surface area contributed by atoms with Gasteiger partial charge in [0.1, 0.15) is 6.54 Å². The van der Waals surface area contributed by atoms with Crippen LogP contribution in [0.3, 0.4) is 0 Å². The Balaban J connectivity index is 2.10. The molecule has 0 unspecified atom stereocenters. The fraction of sp³-hybridized carbons (Fsp3) is 0.478. The first kappa shape index (κ1) is 23.5. The van der Waals surface area contributed by atoms with Crippen LogP contribution in [-0.2, 0) is 23.1 Å². The molecule has 3 amide bonds. The minimum Gasteiger partial charge on any atom is -0.383 e. The summed E-state index contributed by atoms with van der Waals surface area (Å²) in [6.07, 6.45) is 2.72. The molecule has 2 aromatic rings. The maximum Gasteiger partial charge on any atom is 0.322 e. The lowest BCUT2D eigenvalue weighted by atomic mass is 10.1. The molecule has 0 spiro atoms. The molecular weight excluding hydrogens is 380 g/mol. The lowest BCUT2D eigenvalue weighted by molar-refractivity contribution is -0.133. The average molecular weight is 415 g/mol. The number of amides is 3. The van der Waals surface area contributed by atoms with E-state index in [-0.39, 0.29) is 18.5 Å². The zero-order valence-corrected chi connectivity index (χ0v) is 18.8. The minimum absolute atomic E-state index is 0.0265. The molecule has 7 nitrogen and oxygen atoms in total. The van der Waals surface area contributed by atoms with Gasteiger partial charge in [-0.15, -0.1) is 0 Å². The number of hydrogen-bond acceptors (Lipinski definition) is 3. The first-order chi connectivity index (χ1) is 14.3. The number of carbonyl (C=O) groups excluding carboxylic acids is 2. The van der Waals surface area contributed by atoms with Crippen molar-refractivity contribution >= 4 is 17.6 Å². The van der Waals surface area contributed by atoms with Crippen LogP contribution in [-0.4, -0.2) is 59.7 Å². The van der Waals surface area contributed by atoms with Crippen LogP contribution in [0.15, 0.2) is 36.5 Å². The number of anilines is 1. The molecular formula is C23H34N4O3. The van der Waals surface area contributed by atoms with Gasteiger partial charge >= 0.3 is 6.03 Å². The molecule has 1 aromatic heterocycles. The molecule has 0 aliphatic carbocycles. The topological polar surface area (TPSA) is 66.8 Å². The average Bonchev–Trinajstić information content (AvgIpc) is 3.11. The first-order valence-electron chi connectivity index (χ1n) is 10.4. The van der Waals surface area contributed by atoms with Crippen LogP contribution in [0, 0.1) is 13.8 Å². The fourth-order valence-corrected chi connectivity index (χ4v) is 3.28. The smallest absolute Gasteiger partial charge is 0.322 e. The number of aromatic nitrogens is 1. The minimum atomic E-state index is -0.261. The Morgan fingerprint density at radius 3 is 2.50 bits per heavy atom. The number of aryl methyl sites for hydroxylation is 3. The molecule has 0 aliphatic rings. The van der Waals surface area contributed by atoms with Crippen LogP contribution in [0.4, 0.5) is 10.5 Å². The van der Waals surface area contributed by atoms with Crippen molar-refractivity contribution in [2.75, 3.05) is 38.7 Å². The molecule has 2 rings (SSSR count). The molecule has 1 heterocycles. The predicted octanol–water partition coefficient (Wildman–Crippen LogP) is 3.56. The molecule has 1 N–H and O–H groups in total. The van der Waals surface area contributed by atoms with Crippen LogP contribution in [0.5, 0.6) is 0 Å². The van der Waals surface area contributed by atoms with Crippen LogP contribution >= 0.6 is 0 Å². The third-order valence-corrected chi connectivity index (χ3v) is 5.05. The van der Waals surface area contributed by atoms with Gasteiger partial charge in [0.05, 0.1) is 13.2 Å². The van der Waals surface area contributed by atoms with Crippen LogP contribution < -0.4 is 5.32 Å². The van der Waals surface area contributed by atoms with E-state index >= 15 is 0 Å². The van der Waals surface area contributed by atoms with Crippen molar-refractivity contribution in [3.63, 3.8) is 0 Å². The molecule has 7 heteroatoms. The molecule has 0 saturated carbocycles. The maximum absolute atomic E-state index is 13.1. The summed E-state index contributed by atoms with van der Waals surface area (Å²) in [6.45, 7) is 7.90. The quantitative estimate of drug-likeness (QED) is 0.646. The van der Waals surface area contributed by atoms with Crippen molar-refractivity contribution in [2.24, 2.45) is 7.05 Å². The van der Waals surface area contributed by atoms with Crippen molar-refractivity contribution in [2.45, 2.75) is 33.7 Å². The second kappa shape index (κ2) is 11.4. The summed E-state index contributed by atoms with van der Waals surface area (Å²) in [7, 11) is 3.57. The van der Waals surface area contributed by atoms with Crippen molar-refractivity contribution in [1.29, 1.82) is 0 Å². The van der Waals surface area contributed by atoms with Gasteiger partial charge in [0, 0.05) is 44.8 Å². The van der Waals surface area contributed by atoms with Crippen LogP contribution in [0.25, 0.3) is 0 Å². The summed E-state index contributed by atoms with van der Waals surface area (Å²) >= 11 is 0. The summed E-state index contributed by atoms with van der Waals surface area (Å²) in [5.41, 5.74) is 3.93. The summed E-state index contributed by atoms with van der Waals surface area (Å²) in [5.74, 6) is -0.0996. The Morgan fingerprint density at radius 1 is 1.13 bits per heavy atom. The summed E-state index contributed by atoms with van der Waals surface area (Å²) in [6, 6.07) is 9.57. The highest BCUT2D eigenvalue weighted by atomic mass is 16.5. The van der Waals surface area contributed by atoms with Gasteiger partial charge in [-0.3, -0.25) is 4.79 Å². The van der Waals surface area contributed by atoms with E-state index in [2.05, 4.69) is 5.32 Å². The van der Waals surface area contributed by atoms with Gasteiger partial charge in [0.25, 0.3) is 0 Å². The number of nitrogens with one attached hydrogen (secondary N) is 1. The number of benzene rings is 1. The van der Waals surface area contributed by atoms with Crippen molar-refractivity contribution in [3.8, 4) is 0 Å². The van der Waals surface area contributed by atoms with Crippen molar-refractivity contribution < 1.29 is 14.3 Å². The molecule has 0 bridgehead atoms. The molecule has 0 aliphatic heterocycles. The molecule has 0 fully saturated rings. The van der Waals surface area contributed by atoms with Crippen LogP contribution in [0.2, 0.25) is 0 Å². The number of methoxy groups -OCH3 is 1. The Morgan fingerprint density at radius 2 is 1.90 bits per heavy atom. The van der Waals surface area contributed by atoms with Crippen LogP contribution in [0.1, 0.15) is 30.2 Å². The number of rotatable bonds is 10. The molecule has 30 heavy (non-hydrogen) atoms. The molecule has 0 radical (unpaired) electrons. The van der Waals surface area contributed by atoms with E-state index in [0.29, 0.717) is 26.2 Å². The predicted molar refractivity (Wildman–Crippen MR) is 120 cm³/mol. The van der Waals surface area contributed by atoms with Gasteiger partial charge in [-0.1, -0.05) is 24.6 Å². The SMILES string of the molecule is CCCN(CC(=O)N(CCOC)Cc1cccn1C)C(=O)Nc1ccc(C)cc1C. The molecule has 0 atom stereocenters. The zero-order valence-electron chi connectivity index (χ0n) is 18.8. The Kier molecular flexibility index (Phi) is 8.92. The fourth-order valence-electron chi connectivity index (χ4n) is 3.28. The molecule has 0 saturated heterocycles. The van der Waals surface area contributed by atoms with E-state index in [0.717, 1.165) is 28.9 Å². The lowest BCUT2D eigenvalue weighted by Gasteiger charge is -2.28. The van der Waals surface area contributed by atoms with E-state index in [4.69, 9.17) is 4.74 Å². The third kappa shape index (κ3) is 6.62. The van der Waals surface area contributed by atoms with Gasteiger partial charge in [-0.25, -0.2) is 4.79 Å². The largest absolute Gasteiger partial charge is 0.383 e. The highest BCUT2D eigenvalue weighted by Gasteiger charge is 2.22. The van der Waals surface area contributed by atoms with E-state index in [9.17, 15) is 9.59 Å². The summed E-state index contributed by atoms with van der Waals surface area (Å²) in [5, 5.41) is 2.95. The van der Waals surface area contributed by atoms with Crippen molar-refractivity contribution in [1.82, 2.24) is 14.4 Å². The number of ether oxygens (including phenoxy) is 1. The number of hydrogen-bond donors (Lipinski definition) is 1. The van der Waals surface area contributed by atoms with Gasteiger partial charge < -0.3 is 24.4 Å². The van der Waals surface area contributed by atoms with Gasteiger partial charge in [0.15, 0.2) is 0 Å². The van der Waals surface area contributed by atoms with E-state index in [1.807, 2.05) is 68.9 Å². The normalized spacial score (nSPS) is 10.7. The Labute approximate surface area is 179 Å². The Bertz CT molecular complexity index is 847. The lowest BCUT2D eigenvalue weighted by Crippen LogP contribution is -2.45. The number of nitrogens with zero attached hydrogens (tertiary/aromatic N) is 3. The second-order valence-corrected chi connectivity index (χ2v) is 7.59. The van der Waals surface area contributed by atoms with Gasteiger partial charge in [-0.05, 0) is 44.0 Å². The van der Waals surface area contributed by atoms with E-state index in [1.54, 1.807) is 16.9 Å². The molecule has 1 aromatic carbocycles. The third-order valence-electron chi connectivity index (χ3n) is 5.05. The van der Waals surface area contributed by atoms with Gasteiger partial charge in [0.2, 0.25) is 5.91 Å². The molecule has 164 valence electrons. The highest BCUT2D eigenvalue weighted by molar-refractivity contribution is 5.93. The van der Waals surface area contributed by atoms with Gasteiger partial charge in [-0.2, -0.15) is 0 Å². The van der Waals surface area contributed by atoms with E-state index < -0.39 is 0 Å². The number of urea groups is 1. The highest BCUT2D eigenvalue weighted by Crippen LogP contribution is 2.17. The Hall–Kier alpha value is -2.80. The van der Waals surface area contributed by atoms with Crippen molar-refractivity contribution in [3.05, 3.63) is 53.3 Å². The second-order valence-electron chi connectivity index (χ2n) is 7.59. The number of carbonyl (C=O) groups is 2. The first-order valence-corrected chi connectivity index (χ1v) is 10.4. The standard InChI is InChI=1S/C23H34N4O3/c1-6-11-27(23(29)24-21-10-9-18(2)15-19(21)3)17-22(28)26(13-14-30-5)16-20-8-7-12-25(20)4/h7-10,12,15H,6,11,13-14,16-17H2,1-5H3,(H,24,29). The summed E-state index contributed by atoms with van der Waals surface area (Å²) < 4.78 is 7.17. The summed E-state index contributed by atoms with van der Waals surface area (Å²) in [4.78, 5) is 29.3. The monoisotopic (exact) mass is 414 g/mol. The maximum atomic E-state index is 13.1.